The number of benzene rings is 1. The van der Waals surface area contributed by atoms with Crippen LogP contribution < -0.4 is 5.32 Å². The van der Waals surface area contributed by atoms with Crippen LogP contribution >= 0.6 is 33.9 Å². The zero-order chi connectivity index (χ0) is 12.3. The van der Waals surface area contributed by atoms with Gasteiger partial charge in [-0.05, 0) is 34.7 Å². The molecule has 0 aliphatic heterocycles. The van der Waals surface area contributed by atoms with Crippen molar-refractivity contribution in [1.29, 1.82) is 0 Å². The van der Waals surface area contributed by atoms with Gasteiger partial charge in [0.1, 0.15) is 0 Å². The first-order chi connectivity index (χ1) is 8.16. The SMILES string of the molecule is O=C(O)c1nc(CNc2ccccc2I)cs1. The highest BCUT2D eigenvalue weighted by molar-refractivity contribution is 14.1. The third-order valence-electron chi connectivity index (χ3n) is 2.07. The molecule has 0 bridgehead atoms. The first-order valence-corrected chi connectivity index (χ1v) is 6.79. The molecule has 0 saturated carbocycles. The zero-order valence-corrected chi connectivity index (χ0v) is 11.7. The zero-order valence-electron chi connectivity index (χ0n) is 8.68. The van der Waals surface area contributed by atoms with Gasteiger partial charge in [-0.25, -0.2) is 9.78 Å². The second-order valence-electron chi connectivity index (χ2n) is 3.28. The van der Waals surface area contributed by atoms with Gasteiger partial charge in [-0.1, -0.05) is 12.1 Å². The smallest absolute Gasteiger partial charge is 0.365 e. The number of anilines is 1. The van der Waals surface area contributed by atoms with Crippen molar-refractivity contribution in [3.05, 3.63) is 43.9 Å². The Labute approximate surface area is 116 Å². The Hall–Kier alpha value is -1.15. The molecule has 0 spiro atoms. The largest absolute Gasteiger partial charge is 0.476 e. The third-order valence-corrected chi connectivity index (χ3v) is 3.89. The lowest BCUT2D eigenvalue weighted by molar-refractivity contribution is 0.0696. The molecule has 0 radical (unpaired) electrons. The highest BCUT2D eigenvalue weighted by atomic mass is 127. The Morgan fingerprint density at radius 3 is 2.88 bits per heavy atom. The van der Waals surface area contributed by atoms with E-state index in [1.165, 1.54) is 0 Å². The number of thiazole rings is 1. The average molecular weight is 360 g/mol. The van der Waals surface area contributed by atoms with Gasteiger partial charge >= 0.3 is 5.97 Å². The van der Waals surface area contributed by atoms with Crippen molar-refractivity contribution in [2.75, 3.05) is 5.32 Å². The van der Waals surface area contributed by atoms with Crippen molar-refractivity contribution in [2.45, 2.75) is 6.54 Å². The number of carboxylic acids is 1. The maximum atomic E-state index is 10.7. The van der Waals surface area contributed by atoms with Gasteiger partial charge in [-0.2, -0.15) is 0 Å². The van der Waals surface area contributed by atoms with Crippen molar-refractivity contribution in [3.63, 3.8) is 0 Å². The molecule has 0 aliphatic rings. The fraction of sp³-hybridized carbons (Fsp3) is 0.0909. The first-order valence-electron chi connectivity index (χ1n) is 4.83. The van der Waals surface area contributed by atoms with E-state index in [1.807, 2.05) is 24.3 Å². The number of hydrogen-bond donors (Lipinski definition) is 2. The van der Waals surface area contributed by atoms with E-state index in [2.05, 4.69) is 32.9 Å². The van der Waals surface area contributed by atoms with Gasteiger partial charge in [0.2, 0.25) is 5.01 Å². The lowest BCUT2D eigenvalue weighted by atomic mass is 10.3. The molecule has 0 saturated heterocycles. The minimum atomic E-state index is -0.976. The van der Waals surface area contributed by atoms with E-state index < -0.39 is 5.97 Å². The highest BCUT2D eigenvalue weighted by Gasteiger charge is 2.08. The van der Waals surface area contributed by atoms with E-state index in [0.717, 1.165) is 26.3 Å². The number of carboxylic acid groups (broad SMARTS) is 1. The molecule has 2 N–H and O–H groups in total. The third kappa shape index (κ3) is 3.16. The molecule has 0 aliphatic carbocycles. The predicted octanol–water partition coefficient (Wildman–Crippen LogP) is 3.06. The quantitative estimate of drug-likeness (QED) is 0.823. The minimum absolute atomic E-state index is 0.129. The summed E-state index contributed by atoms with van der Waals surface area (Å²) in [4.78, 5) is 14.7. The summed E-state index contributed by atoms with van der Waals surface area (Å²) in [6.45, 7) is 0.532. The molecule has 2 rings (SSSR count). The molecule has 0 atom stereocenters. The van der Waals surface area contributed by atoms with E-state index in [9.17, 15) is 4.79 Å². The predicted molar refractivity (Wildman–Crippen MR) is 75.6 cm³/mol. The van der Waals surface area contributed by atoms with E-state index in [-0.39, 0.29) is 5.01 Å². The number of rotatable bonds is 4. The summed E-state index contributed by atoms with van der Waals surface area (Å²) >= 11 is 3.39. The molecular weight excluding hydrogens is 351 g/mol. The monoisotopic (exact) mass is 360 g/mol. The number of nitrogens with zero attached hydrogens (tertiary/aromatic N) is 1. The number of aromatic carboxylic acids is 1. The second-order valence-corrected chi connectivity index (χ2v) is 5.30. The number of hydrogen-bond acceptors (Lipinski definition) is 4. The maximum Gasteiger partial charge on any atom is 0.365 e. The number of para-hydroxylation sites is 1. The Morgan fingerprint density at radius 2 is 2.24 bits per heavy atom. The van der Waals surface area contributed by atoms with Gasteiger partial charge in [-0.15, -0.1) is 11.3 Å². The van der Waals surface area contributed by atoms with E-state index >= 15 is 0 Å². The Kier molecular flexibility index (Phi) is 3.95. The van der Waals surface area contributed by atoms with Gasteiger partial charge in [0.05, 0.1) is 12.2 Å². The average Bonchev–Trinajstić information content (AvgIpc) is 2.77. The number of halogens is 1. The number of carbonyl (C=O) groups is 1. The van der Waals surface area contributed by atoms with Crippen LogP contribution in [0.15, 0.2) is 29.6 Å². The van der Waals surface area contributed by atoms with E-state index in [4.69, 9.17) is 5.11 Å². The number of nitrogens with one attached hydrogen (secondary N) is 1. The van der Waals surface area contributed by atoms with Gasteiger partial charge in [0.25, 0.3) is 0 Å². The van der Waals surface area contributed by atoms with E-state index in [0.29, 0.717) is 6.54 Å². The van der Waals surface area contributed by atoms with Gasteiger partial charge in [0.15, 0.2) is 0 Å². The Balaban J connectivity index is 2.02. The fourth-order valence-corrected chi connectivity index (χ4v) is 2.51. The van der Waals surface area contributed by atoms with Crippen LogP contribution in [-0.2, 0) is 6.54 Å². The Bertz CT molecular complexity index is 542. The standard InChI is InChI=1S/C11H9IN2O2S/c12-8-3-1-2-4-9(8)13-5-7-6-17-10(14-7)11(15)16/h1-4,6,13H,5H2,(H,15,16). The van der Waals surface area contributed by atoms with Crippen LogP contribution in [0.3, 0.4) is 0 Å². The molecule has 1 aromatic carbocycles. The van der Waals surface area contributed by atoms with Crippen LogP contribution in [0.5, 0.6) is 0 Å². The molecule has 1 aromatic heterocycles. The molecule has 0 fully saturated rings. The van der Waals surface area contributed by atoms with Crippen LogP contribution in [-0.4, -0.2) is 16.1 Å². The summed E-state index contributed by atoms with van der Waals surface area (Å²) in [5.41, 5.74) is 1.77. The Morgan fingerprint density at radius 1 is 1.47 bits per heavy atom. The van der Waals surface area contributed by atoms with Crippen LogP contribution in [0.25, 0.3) is 0 Å². The molecule has 88 valence electrons. The molecule has 6 heteroatoms. The van der Waals surface area contributed by atoms with Crippen LogP contribution in [0, 0.1) is 3.57 Å². The summed E-state index contributed by atoms with van der Waals surface area (Å²) in [6, 6.07) is 7.91. The molecular formula is C11H9IN2O2S. The van der Waals surface area contributed by atoms with Gasteiger partial charge < -0.3 is 10.4 Å². The van der Waals surface area contributed by atoms with Crippen molar-refractivity contribution in [2.24, 2.45) is 0 Å². The fourth-order valence-electron chi connectivity index (χ4n) is 1.28. The summed E-state index contributed by atoms with van der Waals surface area (Å²) in [5, 5.41) is 13.9. The van der Waals surface area contributed by atoms with Gasteiger partial charge in [0, 0.05) is 14.6 Å². The van der Waals surface area contributed by atoms with Crippen LogP contribution in [0.4, 0.5) is 5.69 Å². The summed E-state index contributed by atoms with van der Waals surface area (Å²) in [5.74, 6) is -0.976. The molecule has 17 heavy (non-hydrogen) atoms. The number of aromatic nitrogens is 1. The summed E-state index contributed by atoms with van der Waals surface area (Å²) in [6.07, 6.45) is 0. The summed E-state index contributed by atoms with van der Waals surface area (Å²) in [7, 11) is 0. The maximum absolute atomic E-state index is 10.7. The lowest BCUT2D eigenvalue weighted by Gasteiger charge is -2.06. The van der Waals surface area contributed by atoms with Crippen molar-refractivity contribution in [1.82, 2.24) is 4.98 Å². The van der Waals surface area contributed by atoms with E-state index in [1.54, 1.807) is 5.38 Å². The molecule has 2 aromatic rings. The van der Waals surface area contributed by atoms with Crippen LogP contribution in [0.2, 0.25) is 0 Å². The molecule has 4 nitrogen and oxygen atoms in total. The minimum Gasteiger partial charge on any atom is -0.476 e. The second kappa shape index (κ2) is 5.46. The molecule has 0 unspecified atom stereocenters. The van der Waals surface area contributed by atoms with Crippen molar-refractivity contribution >= 4 is 45.6 Å². The molecule has 0 amide bonds. The highest BCUT2D eigenvalue weighted by Crippen LogP contribution is 2.18. The van der Waals surface area contributed by atoms with Gasteiger partial charge in [-0.3, -0.25) is 0 Å². The topological polar surface area (TPSA) is 62.2 Å². The van der Waals surface area contributed by atoms with Crippen LogP contribution in [0.1, 0.15) is 15.5 Å². The van der Waals surface area contributed by atoms with Crippen molar-refractivity contribution in [3.8, 4) is 0 Å². The lowest BCUT2D eigenvalue weighted by Crippen LogP contribution is -2.02. The van der Waals surface area contributed by atoms with Crippen molar-refractivity contribution < 1.29 is 9.90 Å². The normalized spacial score (nSPS) is 10.2. The first kappa shape index (κ1) is 12.3. The summed E-state index contributed by atoms with van der Waals surface area (Å²) < 4.78 is 1.12. The molecule has 1 heterocycles.